The number of para-hydroxylation sites is 1. The van der Waals surface area contributed by atoms with E-state index in [1.165, 1.54) is 5.69 Å². The van der Waals surface area contributed by atoms with E-state index in [1.807, 2.05) is 53.6 Å². The summed E-state index contributed by atoms with van der Waals surface area (Å²) < 4.78 is 5.12. The highest BCUT2D eigenvalue weighted by Gasteiger charge is 2.23. The van der Waals surface area contributed by atoms with Crippen LogP contribution < -0.4 is 4.90 Å². The normalized spacial score (nSPS) is 14.6. The highest BCUT2D eigenvalue weighted by molar-refractivity contribution is 5.95. The molecule has 0 unspecified atom stereocenters. The van der Waals surface area contributed by atoms with Crippen molar-refractivity contribution in [2.75, 3.05) is 38.2 Å². The van der Waals surface area contributed by atoms with Crippen LogP contribution in [0, 0.1) is 0 Å². The van der Waals surface area contributed by atoms with Gasteiger partial charge in [0, 0.05) is 56.1 Å². The second-order valence-corrected chi connectivity index (χ2v) is 6.76. The predicted octanol–water partition coefficient (Wildman–Crippen LogP) is 3.34. The highest BCUT2D eigenvalue weighted by atomic mass is 16.5. The molecule has 0 N–H and O–H groups in total. The lowest BCUT2D eigenvalue weighted by atomic mass is 10.1. The summed E-state index contributed by atoms with van der Waals surface area (Å²) in [6, 6.07) is 17.9. The number of aromatic nitrogens is 1. The Kier molecular flexibility index (Phi) is 5.03. The summed E-state index contributed by atoms with van der Waals surface area (Å²) in [5, 5.41) is 1.16. The zero-order chi connectivity index (χ0) is 18.6. The molecule has 0 bridgehead atoms. The van der Waals surface area contributed by atoms with E-state index in [1.54, 1.807) is 7.11 Å². The summed E-state index contributed by atoms with van der Waals surface area (Å²) in [7, 11) is 1.67. The molecule has 2 heterocycles. The molecule has 2 aromatic carbocycles. The van der Waals surface area contributed by atoms with Gasteiger partial charge in [-0.1, -0.05) is 30.3 Å². The molecule has 1 aromatic heterocycles. The van der Waals surface area contributed by atoms with Gasteiger partial charge in [-0.05, 0) is 29.8 Å². The number of methoxy groups -OCH3 is 1. The van der Waals surface area contributed by atoms with Crippen molar-refractivity contribution in [1.29, 1.82) is 0 Å². The van der Waals surface area contributed by atoms with Crippen LogP contribution in [0.2, 0.25) is 0 Å². The molecule has 0 saturated carbocycles. The van der Waals surface area contributed by atoms with Crippen molar-refractivity contribution < 1.29 is 9.53 Å². The maximum absolute atomic E-state index is 12.8. The van der Waals surface area contributed by atoms with Crippen LogP contribution in [0.4, 0.5) is 5.69 Å². The number of rotatable bonds is 4. The molecule has 5 heteroatoms. The van der Waals surface area contributed by atoms with Gasteiger partial charge in [0.2, 0.25) is 0 Å². The molecule has 3 aromatic rings. The van der Waals surface area contributed by atoms with Crippen molar-refractivity contribution in [3.63, 3.8) is 0 Å². The van der Waals surface area contributed by atoms with Crippen molar-refractivity contribution in [2.45, 2.75) is 6.61 Å². The van der Waals surface area contributed by atoms with Gasteiger partial charge in [-0.15, -0.1) is 0 Å². The summed E-state index contributed by atoms with van der Waals surface area (Å²) in [5.41, 5.74) is 4.00. The lowest BCUT2D eigenvalue weighted by molar-refractivity contribution is 0.0747. The minimum Gasteiger partial charge on any atom is -0.380 e. The summed E-state index contributed by atoms with van der Waals surface area (Å²) >= 11 is 0. The number of pyridine rings is 1. The minimum absolute atomic E-state index is 0.0956. The third kappa shape index (κ3) is 3.64. The number of ether oxygens (including phenoxy) is 1. The van der Waals surface area contributed by atoms with Crippen molar-refractivity contribution in [3.8, 4) is 0 Å². The average molecular weight is 361 g/mol. The van der Waals surface area contributed by atoms with Crippen LogP contribution in [0.1, 0.15) is 15.9 Å². The summed E-state index contributed by atoms with van der Waals surface area (Å²) in [6.07, 6.45) is 1.86. The Labute approximate surface area is 159 Å². The Balaban J connectivity index is 1.44. The molecule has 0 aliphatic carbocycles. The van der Waals surface area contributed by atoms with E-state index < -0.39 is 0 Å². The quantitative estimate of drug-likeness (QED) is 0.715. The molecule has 27 heavy (non-hydrogen) atoms. The number of hydrogen-bond donors (Lipinski definition) is 0. The number of carbonyl (C=O) groups excluding carboxylic acids is 1. The van der Waals surface area contributed by atoms with Gasteiger partial charge in [0.15, 0.2) is 0 Å². The van der Waals surface area contributed by atoms with Crippen molar-refractivity contribution in [3.05, 3.63) is 71.9 Å². The molecule has 1 saturated heterocycles. The van der Waals surface area contributed by atoms with E-state index in [-0.39, 0.29) is 5.91 Å². The Morgan fingerprint density at radius 2 is 1.74 bits per heavy atom. The molecule has 1 aliphatic rings. The third-order valence-corrected chi connectivity index (χ3v) is 5.05. The zero-order valence-electron chi connectivity index (χ0n) is 15.5. The first-order valence-electron chi connectivity index (χ1n) is 9.22. The SMILES string of the molecule is COCc1ccc(C(=O)N2CCN(c3ccnc4ccccc34)CC2)cc1. The van der Waals surface area contributed by atoms with Gasteiger partial charge in [0.05, 0.1) is 12.1 Å². The van der Waals surface area contributed by atoms with E-state index in [4.69, 9.17) is 4.74 Å². The fraction of sp³-hybridized carbons (Fsp3) is 0.273. The largest absolute Gasteiger partial charge is 0.380 e. The standard InChI is InChI=1S/C22H23N3O2/c1-27-16-17-6-8-18(9-7-17)22(26)25-14-12-24(13-15-25)21-10-11-23-20-5-3-2-4-19(20)21/h2-11H,12-16H2,1H3. The fourth-order valence-corrected chi connectivity index (χ4v) is 3.60. The molecule has 1 amide bonds. The van der Waals surface area contributed by atoms with Gasteiger partial charge in [0.1, 0.15) is 0 Å². The van der Waals surface area contributed by atoms with Crippen molar-refractivity contribution >= 4 is 22.5 Å². The molecule has 138 valence electrons. The van der Waals surface area contributed by atoms with Crippen LogP contribution in [0.5, 0.6) is 0 Å². The topological polar surface area (TPSA) is 45.7 Å². The van der Waals surface area contributed by atoms with Crippen LogP contribution >= 0.6 is 0 Å². The van der Waals surface area contributed by atoms with Gasteiger partial charge >= 0.3 is 0 Å². The van der Waals surface area contributed by atoms with Gasteiger partial charge in [0.25, 0.3) is 5.91 Å². The Bertz CT molecular complexity index is 926. The molecule has 0 spiro atoms. The number of piperazine rings is 1. The van der Waals surface area contributed by atoms with Gasteiger partial charge in [-0.2, -0.15) is 0 Å². The number of hydrogen-bond acceptors (Lipinski definition) is 4. The maximum Gasteiger partial charge on any atom is 0.253 e. The van der Waals surface area contributed by atoms with Gasteiger partial charge in [-0.25, -0.2) is 0 Å². The second kappa shape index (κ2) is 7.76. The van der Waals surface area contributed by atoms with Crippen molar-refractivity contribution in [1.82, 2.24) is 9.88 Å². The molecular formula is C22H23N3O2. The molecule has 1 aliphatic heterocycles. The minimum atomic E-state index is 0.0956. The summed E-state index contributed by atoms with van der Waals surface area (Å²) in [5.74, 6) is 0.0956. The van der Waals surface area contributed by atoms with E-state index in [0.29, 0.717) is 6.61 Å². The van der Waals surface area contributed by atoms with E-state index >= 15 is 0 Å². The van der Waals surface area contributed by atoms with Crippen LogP contribution in [0.15, 0.2) is 60.8 Å². The molecule has 0 radical (unpaired) electrons. The summed E-state index contributed by atoms with van der Waals surface area (Å²) in [6.45, 7) is 3.64. The Morgan fingerprint density at radius 3 is 2.48 bits per heavy atom. The number of anilines is 1. The number of benzene rings is 2. The Morgan fingerprint density at radius 1 is 1.00 bits per heavy atom. The molecule has 5 nitrogen and oxygen atoms in total. The summed E-state index contributed by atoms with van der Waals surface area (Å²) in [4.78, 5) is 21.5. The molecule has 1 fully saturated rings. The lowest BCUT2D eigenvalue weighted by Crippen LogP contribution is -2.48. The van der Waals surface area contributed by atoms with Gasteiger partial charge in [-0.3, -0.25) is 9.78 Å². The number of fused-ring (bicyclic) bond motifs is 1. The monoisotopic (exact) mass is 361 g/mol. The second-order valence-electron chi connectivity index (χ2n) is 6.76. The fourth-order valence-electron chi connectivity index (χ4n) is 3.60. The first kappa shape index (κ1) is 17.5. The van der Waals surface area contributed by atoms with E-state index in [0.717, 1.165) is 48.2 Å². The first-order valence-corrected chi connectivity index (χ1v) is 9.22. The first-order chi connectivity index (χ1) is 13.3. The number of amides is 1. The highest BCUT2D eigenvalue weighted by Crippen LogP contribution is 2.26. The van der Waals surface area contributed by atoms with E-state index in [2.05, 4.69) is 22.0 Å². The maximum atomic E-state index is 12.8. The molecule has 0 atom stereocenters. The van der Waals surface area contributed by atoms with Crippen LogP contribution in [-0.2, 0) is 11.3 Å². The lowest BCUT2D eigenvalue weighted by Gasteiger charge is -2.36. The number of nitrogens with zero attached hydrogens (tertiary/aromatic N) is 3. The van der Waals surface area contributed by atoms with Crippen LogP contribution in [0.3, 0.4) is 0 Å². The zero-order valence-corrected chi connectivity index (χ0v) is 15.5. The third-order valence-electron chi connectivity index (χ3n) is 5.05. The van der Waals surface area contributed by atoms with E-state index in [9.17, 15) is 4.79 Å². The van der Waals surface area contributed by atoms with Gasteiger partial charge < -0.3 is 14.5 Å². The van der Waals surface area contributed by atoms with Crippen LogP contribution in [-0.4, -0.2) is 49.1 Å². The average Bonchev–Trinajstić information content (AvgIpc) is 2.74. The number of carbonyl (C=O) groups is 1. The van der Waals surface area contributed by atoms with Crippen molar-refractivity contribution in [2.24, 2.45) is 0 Å². The predicted molar refractivity (Wildman–Crippen MR) is 107 cm³/mol. The van der Waals surface area contributed by atoms with Crippen LogP contribution in [0.25, 0.3) is 10.9 Å². The molecule has 4 rings (SSSR count). The Hall–Kier alpha value is -2.92. The molecular weight excluding hydrogens is 338 g/mol. The smallest absolute Gasteiger partial charge is 0.253 e.